The zero-order chi connectivity index (χ0) is 12.4. The molecule has 0 aliphatic rings. The Bertz CT molecular complexity index is 301. The van der Waals surface area contributed by atoms with E-state index in [4.69, 9.17) is 0 Å². The molecule has 0 fully saturated rings. The monoisotopic (exact) mass is 235 g/mol. The van der Waals surface area contributed by atoms with Gasteiger partial charge >= 0.3 is 11.9 Å². The van der Waals surface area contributed by atoms with Crippen molar-refractivity contribution in [3.63, 3.8) is 0 Å². The van der Waals surface area contributed by atoms with Crippen LogP contribution in [0, 0.1) is 10.1 Å². The minimum absolute atomic E-state index is 0.403. The van der Waals surface area contributed by atoms with Gasteiger partial charge in [0.2, 0.25) is 0 Å². The van der Waals surface area contributed by atoms with Gasteiger partial charge < -0.3 is 0 Å². The highest BCUT2D eigenvalue weighted by molar-refractivity contribution is 5.11. The van der Waals surface area contributed by atoms with Gasteiger partial charge in [-0.2, -0.15) is 18.1 Å². The maximum absolute atomic E-state index is 12.9. The smallest absolute Gasteiger partial charge is 0.256 e. The third-order valence-electron chi connectivity index (χ3n) is 1.57. The average Bonchev–Trinajstić information content (AvgIpc) is 2.14. The molecule has 0 rings (SSSR count). The third kappa shape index (κ3) is 2.41. The molecule has 0 heterocycles. The lowest BCUT2D eigenvalue weighted by Crippen LogP contribution is -2.44. The van der Waals surface area contributed by atoms with Crippen LogP contribution in [0.25, 0.3) is 0 Å². The van der Waals surface area contributed by atoms with Crippen LogP contribution < -0.4 is 0 Å². The molecular weight excluding hydrogens is 229 g/mol. The van der Waals surface area contributed by atoms with Gasteiger partial charge in [-0.25, -0.2) is 0 Å². The van der Waals surface area contributed by atoms with Gasteiger partial charge in [0.05, 0.1) is 4.92 Å². The molecule has 0 aliphatic heterocycles. The zero-order valence-electron chi connectivity index (χ0n) is 7.56. The van der Waals surface area contributed by atoms with Gasteiger partial charge in [-0.05, 0) is 18.4 Å². The van der Waals surface area contributed by atoms with E-state index in [0.29, 0.717) is 13.8 Å². The molecule has 0 aliphatic carbocycles. The Morgan fingerprint density at radius 2 is 1.73 bits per heavy atom. The molecule has 0 spiro atoms. The molecule has 0 atom stereocenters. The maximum atomic E-state index is 12.9. The van der Waals surface area contributed by atoms with Crippen molar-refractivity contribution in [2.75, 3.05) is 0 Å². The van der Waals surface area contributed by atoms with E-state index in [-0.39, 0.29) is 0 Å². The summed E-state index contributed by atoms with van der Waals surface area (Å²) in [6, 6.07) is 0. The molecule has 15 heavy (non-hydrogen) atoms. The van der Waals surface area contributed by atoms with E-state index in [1.165, 1.54) is 0 Å². The Morgan fingerprint density at radius 3 is 2.00 bits per heavy atom. The van der Waals surface area contributed by atoms with Gasteiger partial charge in [0, 0.05) is 0 Å². The van der Waals surface area contributed by atoms with E-state index in [1.807, 2.05) is 0 Å². The molecule has 0 aromatic carbocycles. The van der Waals surface area contributed by atoms with E-state index >= 15 is 0 Å². The van der Waals surface area contributed by atoms with E-state index in [1.54, 1.807) is 0 Å². The van der Waals surface area contributed by atoms with Crippen LogP contribution in [0.1, 0.15) is 13.8 Å². The number of alkyl halides is 2. The highest BCUT2D eigenvalue weighted by atomic mass is 19.3. The number of hydrogen-bond acceptors (Lipinski definition) is 3. The van der Waals surface area contributed by atoms with Crippen LogP contribution >= 0.6 is 0 Å². The summed E-state index contributed by atoms with van der Waals surface area (Å²) in [7, 11) is 0. The van der Waals surface area contributed by atoms with Crippen molar-refractivity contribution >= 4 is 0 Å². The first-order chi connectivity index (χ1) is 6.58. The number of nitro groups is 1. The van der Waals surface area contributed by atoms with Crippen LogP contribution in [-0.4, -0.2) is 16.4 Å². The Morgan fingerprint density at radius 1 is 1.33 bits per heavy atom. The second-order valence-electron chi connectivity index (χ2n) is 3.02. The lowest BCUT2D eigenvalue weighted by atomic mass is 10.00. The van der Waals surface area contributed by atoms with Crippen LogP contribution in [0.2, 0.25) is 0 Å². The second-order valence-corrected chi connectivity index (χ2v) is 3.02. The first kappa shape index (κ1) is 13.8. The van der Waals surface area contributed by atoms with Crippen molar-refractivity contribution in [3.8, 4) is 0 Å². The first-order valence-corrected chi connectivity index (χ1v) is 3.45. The predicted octanol–water partition coefficient (Wildman–Crippen LogP) is 2.69. The molecule has 4 nitrogen and oxygen atoms in total. The number of nitrogens with zero attached hydrogens (tertiary/aromatic N) is 1. The molecule has 88 valence electrons. The first-order valence-electron chi connectivity index (χ1n) is 3.45. The summed E-state index contributed by atoms with van der Waals surface area (Å²) in [5.74, 6) is -10.7. The van der Waals surface area contributed by atoms with Crippen LogP contribution in [0.4, 0.5) is 22.1 Å². The fourth-order valence-electron chi connectivity index (χ4n) is 0.522. The van der Waals surface area contributed by atoms with E-state index in [9.17, 15) is 32.2 Å². The minimum Gasteiger partial charge on any atom is -0.256 e. The lowest BCUT2D eigenvalue weighted by molar-refractivity contribution is -0.452. The van der Waals surface area contributed by atoms with Crippen molar-refractivity contribution < 1.29 is 32.0 Å². The summed E-state index contributed by atoms with van der Waals surface area (Å²) in [6.45, 7) is 0.805. The van der Waals surface area contributed by atoms with E-state index in [2.05, 4.69) is 4.94 Å². The molecule has 0 aromatic heterocycles. The van der Waals surface area contributed by atoms with Crippen LogP contribution in [0.15, 0.2) is 11.8 Å². The molecule has 0 saturated carbocycles. The lowest BCUT2D eigenvalue weighted by Gasteiger charge is -2.26. The molecule has 0 radical (unpaired) electrons. The van der Waals surface area contributed by atoms with Crippen molar-refractivity contribution in [2.45, 2.75) is 25.4 Å². The standard InChI is InChI=1S/C6H6F5NO3/c1-5(2,15-11)6(9,10)3(7)4(8)12(13)14/h1-2H3/b4-3-. The summed E-state index contributed by atoms with van der Waals surface area (Å²) in [6.07, 6.45) is 0. The molecule has 0 N–H and O–H groups in total. The summed E-state index contributed by atoms with van der Waals surface area (Å²) in [5.41, 5.74) is -3.05. The van der Waals surface area contributed by atoms with Gasteiger partial charge in [0.25, 0.3) is 5.83 Å². The molecule has 0 saturated heterocycles. The van der Waals surface area contributed by atoms with Gasteiger partial charge in [-0.1, -0.05) is 0 Å². The summed E-state index contributed by atoms with van der Waals surface area (Å²) in [4.78, 5) is 10.4. The highest BCUT2D eigenvalue weighted by Crippen LogP contribution is 2.40. The molecule has 0 amide bonds. The van der Waals surface area contributed by atoms with Gasteiger partial charge in [-0.3, -0.25) is 10.1 Å². The van der Waals surface area contributed by atoms with Crippen molar-refractivity contribution in [2.24, 2.45) is 0 Å². The van der Waals surface area contributed by atoms with Crippen LogP contribution in [0.3, 0.4) is 0 Å². The molecule has 0 unspecified atom stereocenters. The Hall–Kier alpha value is -1.25. The highest BCUT2D eigenvalue weighted by Gasteiger charge is 2.57. The van der Waals surface area contributed by atoms with Crippen molar-refractivity contribution in [1.82, 2.24) is 0 Å². The number of halogens is 5. The minimum atomic E-state index is -4.79. The van der Waals surface area contributed by atoms with Gasteiger partial charge in [0.15, 0.2) is 5.60 Å². The second kappa shape index (κ2) is 4.09. The SMILES string of the molecule is CC(C)(OF)C(F)(F)/C(F)=C(\F)[N+](=O)[O-]. The van der Waals surface area contributed by atoms with E-state index in [0.717, 1.165) is 0 Å². The quantitative estimate of drug-likeness (QED) is 0.326. The van der Waals surface area contributed by atoms with Crippen molar-refractivity contribution in [3.05, 3.63) is 21.9 Å². The largest absolute Gasteiger partial charge is 0.457 e. The fraction of sp³-hybridized carbons (Fsp3) is 0.667. The maximum Gasteiger partial charge on any atom is 0.457 e. The Labute approximate surface area is 80.4 Å². The Balaban J connectivity index is 5.40. The number of hydrogen-bond donors (Lipinski definition) is 0. The van der Waals surface area contributed by atoms with Crippen LogP contribution in [-0.2, 0) is 4.94 Å². The molecule has 0 aromatic rings. The van der Waals surface area contributed by atoms with Crippen LogP contribution in [0.5, 0.6) is 0 Å². The number of rotatable bonds is 4. The fourth-order valence-corrected chi connectivity index (χ4v) is 0.522. The summed E-state index contributed by atoms with van der Waals surface area (Å²) < 4.78 is 62.2. The third-order valence-corrected chi connectivity index (χ3v) is 1.57. The van der Waals surface area contributed by atoms with Crippen molar-refractivity contribution in [1.29, 1.82) is 0 Å². The molecule has 0 bridgehead atoms. The Kier molecular flexibility index (Phi) is 3.75. The average molecular weight is 235 g/mol. The normalized spacial score (nSPS) is 14.9. The van der Waals surface area contributed by atoms with Gasteiger partial charge in [-0.15, -0.1) is 4.39 Å². The summed E-state index contributed by atoms with van der Waals surface area (Å²) >= 11 is 0. The molecular formula is C6H6F5NO3. The summed E-state index contributed by atoms with van der Waals surface area (Å²) in [5, 5.41) is 9.67. The topological polar surface area (TPSA) is 52.4 Å². The zero-order valence-corrected chi connectivity index (χ0v) is 7.56. The van der Waals surface area contributed by atoms with E-state index < -0.39 is 28.2 Å². The van der Waals surface area contributed by atoms with Gasteiger partial charge in [0.1, 0.15) is 0 Å². The predicted molar refractivity (Wildman–Crippen MR) is 37.5 cm³/mol. The molecule has 9 heteroatoms.